The Kier molecular flexibility index (Phi) is 4.59. The van der Waals surface area contributed by atoms with E-state index in [9.17, 15) is 0 Å². The molecule has 0 amide bonds. The number of H-pyrrole nitrogens is 1. The topological polar surface area (TPSA) is 70.8 Å². The summed E-state index contributed by atoms with van der Waals surface area (Å²) in [5, 5.41) is 11.5. The van der Waals surface area contributed by atoms with Gasteiger partial charge in [-0.3, -0.25) is 10.00 Å². The summed E-state index contributed by atoms with van der Waals surface area (Å²) in [5.41, 5.74) is 6.05. The second-order valence-corrected chi connectivity index (χ2v) is 7.25. The number of aryl methyl sites for hydroxylation is 3. The van der Waals surface area contributed by atoms with Crippen LogP contribution in [0.1, 0.15) is 53.7 Å². The van der Waals surface area contributed by atoms with Crippen molar-refractivity contribution in [1.82, 2.24) is 25.2 Å². The Morgan fingerprint density at radius 1 is 1.23 bits per heavy atom. The molecule has 1 aliphatic heterocycles. The smallest absolute Gasteiger partial charge is 0.243 e. The SMILES string of the molecule is Cc1ccc(C)c(-c2[nH]ncc2CN2CCCC[C@@H]2c2nc(C)no2)c1. The van der Waals surface area contributed by atoms with E-state index < -0.39 is 0 Å². The number of hydrogen-bond acceptors (Lipinski definition) is 5. The maximum Gasteiger partial charge on any atom is 0.243 e. The van der Waals surface area contributed by atoms with Gasteiger partial charge in [-0.25, -0.2) is 0 Å². The van der Waals surface area contributed by atoms with Crippen LogP contribution >= 0.6 is 0 Å². The summed E-state index contributed by atoms with van der Waals surface area (Å²) in [5.74, 6) is 1.43. The molecule has 6 nitrogen and oxygen atoms in total. The van der Waals surface area contributed by atoms with Gasteiger partial charge in [-0.05, 0) is 51.8 Å². The lowest BCUT2D eigenvalue weighted by Crippen LogP contribution is -2.33. The van der Waals surface area contributed by atoms with Crippen LogP contribution in [0.3, 0.4) is 0 Å². The van der Waals surface area contributed by atoms with Gasteiger partial charge in [0.25, 0.3) is 0 Å². The summed E-state index contributed by atoms with van der Waals surface area (Å²) in [4.78, 5) is 6.92. The largest absolute Gasteiger partial charge is 0.338 e. The molecule has 6 heteroatoms. The van der Waals surface area contributed by atoms with E-state index in [1.807, 2.05) is 13.1 Å². The Hall–Kier alpha value is -2.47. The molecule has 3 aromatic rings. The van der Waals surface area contributed by atoms with E-state index in [1.165, 1.54) is 35.1 Å². The molecule has 1 aliphatic rings. The van der Waals surface area contributed by atoms with E-state index in [0.717, 1.165) is 31.1 Å². The van der Waals surface area contributed by atoms with Crippen LogP contribution in [0.15, 0.2) is 28.9 Å². The number of nitrogens with one attached hydrogen (secondary N) is 1. The molecule has 136 valence electrons. The molecule has 26 heavy (non-hydrogen) atoms. The van der Waals surface area contributed by atoms with Crippen LogP contribution in [0.4, 0.5) is 0 Å². The Balaban J connectivity index is 1.63. The number of aromatic amines is 1. The highest BCUT2D eigenvalue weighted by atomic mass is 16.5. The van der Waals surface area contributed by atoms with E-state index in [0.29, 0.717) is 5.82 Å². The molecule has 4 rings (SSSR count). The van der Waals surface area contributed by atoms with Crippen LogP contribution < -0.4 is 0 Å². The van der Waals surface area contributed by atoms with Crippen molar-refractivity contribution < 1.29 is 4.52 Å². The summed E-state index contributed by atoms with van der Waals surface area (Å²) < 4.78 is 5.48. The molecular weight excluding hydrogens is 326 g/mol. The summed E-state index contributed by atoms with van der Waals surface area (Å²) in [6.07, 6.45) is 5.39. The lowest BCUT2D eigenvalue weighted by atomic mass is 9.98. The van der Waals surface area contributed by atoms with Crippen molar-refractivity contribution in [1.29, 1.82) is 0 Å². The molecule has 0 unspecified atom stereocenters. The quantitative estimate of drug-likeness (QED) is 0.766. The van der Waals surface area contributed by atoms with Crippen LogP contribution in [0.2, 0.25) is 0 Å². The molecule has 0 spiro atoms. The second kappa shape index (κ2) is 7.03. The first-order chi connectivity index (χ1) is 12.6. The molecule has 1 atom stereocenters. The normalized spacial score (nSPS) is 18.3. The number of hydrogen-bond donors (Lipinski definition) is 1. The van der Waals surface area contributed by atoms with Crippen LogP contribution in [0.25, 0.3) is 11.3 Å². The molecule has 0 radical (unpaired) electrons. The molecule has 0 bridgehead atoms. The van der Waals surface area contributed by atoms with Crippen molar-refractivity contribution in [3.63, 3.8) is 0 Å². The highest BCUT2D eigenvalue weighted by Crippen LogP contribution is 2.33. The minimum absolute atomic E-state index is 0.186. The molecule has 1 saturated heterocycles. The van der Waals surface area contributed by atoms with Gasteiger partial charge in [0, 0.05) is 17.7 Å². The summed E-state index contributed by atoms with van der Waals surface area (Å²) in [7, 11) is 0. The van der Waals surface area contributed by atoms with Crippen LogP contribution in [0, 0.1) is 20.8 Å². The number of likely N-dealkylation sites (tertiary alicyclic amines) is 1. The Bertz CT molecular complexity index is 897. The first-order valence-corrected chi connectivity index (χ1v) is 9.26. The van der Waals surface area contributed by atoms with E-state index in [-0.39, 0.29) is 6.04 Å². The predicted octanol–water partition coefficient (Wildman–Crippen LogP) is 4.11. The van der Waals surface area contributed by atoms with Crippen molar-refractivity contribution in [2.75, 3.05) is 6.54 Å². The average molecular weight is 351 g/mol. The van der Waals surface area contributed by atoms with E-state index in [4.69, 9.17) is 4.52 Å². The van der Waals surface area contributed by atoms with E-state index in [2.05, 4.69) is 57.3 Å². The number of nitrogens with zero attached hydrogens (tertiary/aromatic N) is 4. The third-order valence-corrected chi connectivity index (χ3v) is 5.20. The monoisotopic (exact) mass is 351 g/mol. The zero-order valence-electron chi connectivity index (χ0n) is 15.6. The van der Waals surface area contributed by atoms with Gasteiger partial charge in [-0.1, -0.05) is 29.3 Å². The Labute approximate surface area is 153 Å². The van der Waals surface area contributed by atoms with Crippen LogP contribution in [-0.2, 0) is 6.54 Å². The van der Waals surface area contributed by atoms with Gasteiger partial charge in [-0.2, -0.15) is 10.1 Å². The lowest BCUT2D eigenvalue weighted by molar-refractivity contribution is 0.111. The van der Waals surface area contributed by atoms with Crippen molar-refractivity contribution >= 4 is 0 Å². The van der Waals surface area contributed by atoms with Gasteiger partial charge in [0.05, 0.1) is 17.9 Å². The molecule has 1 N–H and O–H groups in total. The van der Waals surface area contributed by atoms with Gasteiger partial charge >= 0.3 is 0 Å². The van der Waals surface area contributed by atoms with Crippen LogP contribution in [0.5, 0.6) is 0 Å². The van der Waals surface area contributed by atoms with Gasteiger partial charge in [0.2, 0.25) is 5.89 Å². The molecule has 0 aliphatic carbocycles. The second-order valence-electron chi connectivity index (χ2n) is 7.25. The Morgan fingerprint density at radius 2 is 2.12 bits per heavy atom. The number of aromatic nitrogens is 4. The molecule has 0 saturated carbocycles. The van der Waals surface area contributed by atoms with Gasteiger partial charge in [-0.15, -0.1) is 0 Å². The Morgan fingerprint density at radius 3 is 2.92 bits per heavy atom. The molecule has 2 aromatic heterocycles. The van der Waals surface area contributed by atoms with Crippen LogP contribution in [-0.4, -0.2) is 31.8 Å². The summed E-state index contributed by atoms with van der Waals surface area (Å²) in [6.45, 7) is 7.99. The molecule has 1 aromatic carbocycles. The number of benzene rings is 1. The number of piperidine rings is 1. The molecule has 3 heterocycles. The lowest BCUT2D eigenvalue weighted by Gasteiger charge is -2.33. The van der Waals surface area contributed by atoms with Gasteiger partial charge in [0.1, 0.15) is 0 Å². The fraction of sp³-hybridized carbons (Fsp3) is 0.450. The number of rotatable bonds is 4. The third-order valence-electron chi connectivity index (χ3n) is 5.20. The highest BCUT2D eigenvalue weighted by molar-refractivity contribution is 5.67. The summed E-state index contributed by atoms with van der Waals surface area (Å²) in [6, 6.07) is 6.72. The maximum absolute atomic E-state index is 5.48. The van der Waals surface area contributed by atoms with Crippen molar-refractivity contribution in [3.8, 4) is 11.3 Å². The zero-order chi connectivity index (χ0) is 18.1. The van der Waals surface area contributed by atoms with Gasteiger partial charge in [0.15, 0.2) is 5.82 Å². The zero-order valence-corrected chi connectivity index (χ0v) is 15.6. The van der Waals surface area contributed by atoms with E-state index >= 15 is 0 Å². The molecular formula is C20H25N5O. The molecule has 1 fully saturated rings. The predicted molar refractivity (Wildman–Crippen MR) is 99.5 cm³/mol. The third kappa shape index (κ3) is 3.29. The summed E-state index contributed by atoms with van der Waals surface area (Å²) >= 11 is 0. The first kappa shape index (κ1) is 17.0. The van der Waals surface area contributed by atoms with Gasteiger partial charge < -0.3 is 4.52 Å². The fourth-order valence-corrected chi connectivity index (χ4v) is 3.80. The van der Waals surface area contributed by atoms with Crippen molar-refractivity contribution in [3.05, 3.63) is 52.8 Å². The van der Waals surface area contributed by atoms with E-state index in [1.54, 1.807) is 0 Å². The minimum Gasteiger partial charge on any atom is -0.338 e. The minimum atomic E-state index is 0.186. The van der Waals surface area contributed by atoms with Crippen molar-refractivity contribution in [2.45, 2.75) is 52.6 Å². The maximum atomic E-state index is 5.48. The first-order valence-electron chi connectivity index (χ1n) is 9.26. The fourth-order valence-electron chi connectivity index (χ4n) is 3.80. The highest BCUT2D eigenvalue weighted by Gasteiger charge is 2.29. The standard InChI is InChI=1S/C20H25N5O/c1-13-7-8-14(2)17(10-13)19-16(11-21-23-19)12-25-9-5-4-6-18(25)20-22-15(3)24-26-20/h7-8,10-11,18H,4-6,9,12H2,1-3H3,(H,21,23)/t18-/m1/s1. The average Bonchev–Trinajstić information content (AvgIpc) is 3.27. The van der Waals surface area contributed by atoms with Crippen molar-refractivity contribution in [2.24, 2.45) is 0 Å².